The van der Waals surface area contributed by atoms with E-state index in [0.717, 1.165) is 17.1 Å². The molecule has 0 spiro atoms. The van der Waals surface area contributed by atoms with Crippen LogP contribution in [0.3, 0.4) is 0 Å². The van der Waals surface area contributed by atoms with E-state index in [4.69, 9.17) is 22.1 Å². The maximum absolute atomic E-state index is 6.20. The zero-order valence-electron chi connectivity index (χ0n) is 12.3. The standard InChI is InChI=1S/C15H25ClN2O/c1-11(2)18(8-9-19-4)15(12(3)17)13-6-5-7-14(16)10-13/h5-7,10-12,15H,8-9,17H2,1-4H3. The Kier molecular flexibility index (Phi) is 6.80. The highest BCUT2D eigenvalue weighted by Crippen LogP contribution is 2.27. The van der Waals surface area contributed by atoms with Crippen molar-refractivity contribution in [1.29, 1.82) is 0 Å². The Morgan fingerprint density at radius 3 is 2.47 bits per heavy atom. The fourth-order valence-corrected chi connectivity index (χ4v) is 2.60. The molecular formula is C15H25ClN2O. The first-order valence-electron chi connectivity index (χ1n) is 6.73. The van der Waals surface area contributed by atoms with Crippen LogP contribution >= 0.6 is 11.6 Å². The van der Waals surface area contributed by atoms with Crippen LogP contribution < -0.4 is 5.73 Å². The fraction of sp³-hybridized carbons (Fsp3) is 0.600. The summed E-state index contributed by atoms with van der Waals surface area (Å²) < 4.78 is 5.20. The van der Waals surface area contributed by atoms with E-state index in [0.29, 0.717) is 12.6 Å². The fourth-order valence-electron chi connectivity index (χ4n) is 2.40. The molecule has 3 nitrogen and oxygen atoms in total. The average molecular weight is 285 g/mol. The Hall–Kier alpha value is -0.610. The number of methoxy groups -OCH3 is 1. The van der Waals surface area contributed by atoms with Gasteiger partial charge < -0.3 is 10.5 Å². The molecule has 1 aromatic carbocycles. The quantitative estimate of drug-likeness (QED) is 0.836. The van der Waals surface area contributed by atoms with E-state index in [9.17, 15) is 0 Å². The molecule has 0 heterocycles. The molecule has 0 fully saturated rings. The van der Waals surface area contributed by atoms with Gasteiger partial charge in [-0.05, 0) is 38.5 Å². The van der Waals surface area contributed by atoms with E-state index in [2.05, 4.69) is 24.8 Å². The Labute approximate surface area is 121 Å². The van der Waals surface area contributed by atoms with E-state index in [1.54, 1.807) is 7.11 Å². The van der Waals surface area contributed by atoms with Gasteiger partial charge in [-0.25, -0.2) is 0 Å². The Morgan fingerprint density at radius 2 is 2.00 bits per heavy atom. The number of halogens is 1. The number of hydrogen-bond acceptors (Lipinski definition) is 3. The minimum Gasteiger partial charge on any atom is -0.383 e. The summed E-state index contributed by atoms with van der Waals surface area (Å²) in [5.74, 6) is 0. The molecule has 108 valence electrons. The molecule has 0 aliphatic carbocycles. The van der Waals surface area contributed by atoms with Crippen molar-refractivity contribution in [3.63, 3.8) is 0 Å². The summed E-state index contributed by atoms with van der Waals surface area (Å²) in [4.78, 5) is 2.36. The van der Waals surface area contributed by atoms with Gasteiger partial charge >= 0.3 is 0 Å². The molecule has 1 aromatic rings. The molecule has 0 aliphatic heterocycles. The van der Waals surface area contributed by atoms with Crippen molar-refractivity contribution in [3.05, 3.63) is 34.9 Å². The van der Waals surface area contributed by atoms with Gasteiger partial charge in [0.15, 0.2) is 0 Å². The van der Waals surface area contributed by atoms with Crippen molar-refractivity contribution >= 4 is 11.6 Å². The summed E-state index contributed by atoms with van der Waals surface area (Å²) in [5.41, 5.74) is 7.36. The number of benzene rings is 1. The van der Waals surface area contributed by atoms with Gasteiger partial charge in [-0.2, -0.15) is 0 Å². The average Bonchev–Trinajstić information content (AvgIpc) is 2.33. The third kappa shape index (κ3) is 4.77. The maximum atomic E-state index is 6.20. The zero-order valence-corrected chi connectivity index (χ0v) is 13.0. The number of ether oxygens (including phenoxy) is 1. The molecule has 0 radical (unpaired) electrons. The van der Waals surface area contributed by atoms with Crippen molar-refractivity contribution in [2.75, 3.05) is 20.3 Å². The number of nitrogens with two attached hydrogens (primary N) is 1. The highest BCUT2D eigenvalue weighted by Gasteiger charge is 2.26. The van der Waals surface area contributed by atoms with E-state index in [-0.39, 0.29) is 12.1 Å². The van der Waals surface area contributed by atoms with E-state index < -0.39 is 0 Å². The van der Waals surface area contributed by atoms with Crippen molar-refractivity contribution < 1.29 is 4.74 Å². The summed E-state index contributed by atoms with van der Waals surface area (Å²) in [7, 11) is 1.72. The number of nitrogens with zero attached hydrogens (tertiary/aromatic N) is 1. The predicted molar refractivity (Wildman–Crippen MR) is 81.6 cm³/mol. The molecule has 2 N–H and O–H groups in total. The van der Waals surface area contributed by atoms with Gasteiger partial charge in [-0.1, -0.05) is 23.7 Å². The highest BCUT2D eigenvalue weighted by atomic mass is 35.5. The van der Waals surface area contributed by atoms with Gasteiger partial charge in [0, 0.05) is 30.8 Å². The van der Waals surface area contributed by atoms with Crippen LogP contribution in [-0.4, -0.2) is 37.2 Å². The Bertz CT molecular complexity index is 382. The summed E-state index contributed by atoms with van der Waals surface area (Å²) in [6.45, 7) is 7.94. The van der Waals surface area contributed by atoms with Crippen LogP contribution in [0.5, 0.6) is 0 Å². The van der Waals surface area contributed by atoms with Gasteiger partial charge in [0.1, 0.15) is 0 Å². The topological polar surface area (TPSA) is 38.5 Å². The molecule has 0 bridgehead atoms. The molecule has 1 rings (SSSR count). The second-order valence-electron chi connectivity index (χ2n) is 5.18. The third-order valence-electron chi connectivity index (χ3n) is 3.26. The van der Waals surface area contributed by atoms with Gasteiger partial charge in [0.25, 0.3) is 0 Å². The van der Waals surface area contributed by atoms with Crippen molar-refractivity contribution in [3.8, 4) is 0 Å². The lowest BCUT2D eigenvalue weighted by Crippen LogP contribution is -2.44. The van der Waals surface area contributed by atoms with Crippen molar-refractivity contribution in [2.45, 2.75) is 38.9 Å². The van der Waals surface area contributed by atoms with Crippen LogP contribution in [0.1, 0.15) is 32.4 Å². The normalized spacial score (nSPS) is 14.9. The monoisotopic (exact) mass is 284 g/mol. The van der Waals surface area contributed by atoms with Gasteiger partial charge in [-0.15, -0.1) is 0 Å². The van der Waals surface area contributed by atoms with Crippen LogP contribution in [0.2, 0.25) is 5.02 Å². The molecule has 0 saturated heterocycles. The first-order chi connectivity index (χ1) is 8.97. The maximum Gasteiger partial charge on any atom is 0.0590 e. The highest BCUT2D eigenvalue weighted by molar-refractivity contribution is 6.30. The van der Waals surface area contributed by atoms with Gasteiger partial charge in [0.2, 0.25) is 0 Å². The summed E-state index contributed by atoms with van der Waals surface area (Å²) in [6.07, 6.45) is 0. The molecule has 2 unspecified atom stereocenters. The lowest BCUT2D eigenvalue weighted by molar-refractivity contribution is 0.0863. The molecule has 2 atom stereocenters. The van der Waals surface area contributed by atoms with Crippen molar-refractivity contribution in [1.82, 2.24) is 4.90 Å². The van der Waals surface area contributed by atoms with Crippen LogP contribution in [0.15, 0.2) is 24.3 Å². The Morgan fingerprint density at radius 1 is 1.32 bits per heavy atom. The molecule has 0 amide bonds. The lowest BCUT2D eigenvalue weighted by Gasteiger charge is -2.37. The summed E-state index contributed by atoms with van der Waals surface area (Å²) in [6, 6.07) is 8.51. The molecule has 4 heteroatoms. The van der Waals surface area contributed by atoms with Crippen molar-refractivity contribution in [2.24, 2.45) is 5.73 Å². The number of rotatable bonds is 7. The van der Waals surface area contributed by atoms with E-state index in [1.165, 1.54) is 0 Å². The molecular weight excluding hydrogens is 260 g/mol. The summed E-state index contributed by atoms with van der Waals surface area (Å²) >= 11 is 6.10. The predicted octanol–water partition coefficient (Wildman–Crippen LogP) is 3.09. The molecule has 19 heavy (non-hydrogen) atoms. The first kappa shape index (κ1) is 16.4. The van der Waals surface area contributed by atoms with Crippen LogP contribution in [0, 0.1) is 0 Å². The minimum absolute atomic E-state index is 0.0257. The minimum atomic E-state index is 0.0257. The first-order valence-corrected chi connectivity index (χ1v) is 7.11. The molecule has 0 aromatic heterocycles. The lowest BCUT2D eigenvalue weighted by atomic mass is 9.98. The Balaban J connectivity index is 3.03. The SMILES string of the molecule is COCCN(C(C)C)C(c1cccc(Cl)c1)C(C)N. The smallest absolute Gasteiger partial charge is 0.0590 e. The van der Waals surface area contributed by atoms with E-state index in [1.807, 2.05) is 25.1 Å². The second kappa shape index (κ2) is 7.85. The number of hydrogen-bond donors (Lipinski definition) is 1. The zero-order chi connectivity index (χ0) is 14.4. The van der Waals surface area contributed by atoms with Crippen LogP contribution in [0.4, 0.5) is 0 Å². The summed E-state index contributed by atoms with van der Waals surface area (Å²) in [5, 5.41) is 0.749. The second-order valence-corrected chi connectivity index (χ2v) is 5.62. The van der Waals surface area contributed by atoms with Gasteiger partial charge in [-0.3, -0.25) is 4.90 Å². The molecule has 0 aliphatic rings. The van der Waals surface area contributed by atoms with E-state index >= 15 is 0 Å². The third-order valence-corrected chi connectivity index (χ3v) is 3.50. The van der Waals surface area contributed by atoms with Crippen LogP contribution in [0.25, 0.3) is 0 Å². The largest absolute Gasteiger partial charge is 0.383 e. The van der Waals surface area contributed by atoms with Gasteiger partial charge in [0.05, 0.1) is 12.6 Å². The van der Waals surface area contributed by atoms with Crippen LogP contribution in [-0.2, 0) is 4.74 Å². The molecule has 0 saturated carbocycles.